The molecule has 0 unspecified atom stereocenters. The molecule has 0 radical (unpaired) electrons. The summed E-state index contributed by atoms with van der Waals surface area (Å²) in [7, 11) is 0. The summed E-state index contributed by atoms with van der Waals surface area (Å²) in [5.74, 6) is -1.75. The molecule has 0 aliphatic heterocycles. The van der Waals surface area contributed by atoms with Crippen LogP contribution in [-0.2, 0) is 28.7 Å². The molecule has 0 aliphatic carbocycles. The lowest BCUT2D eigenvalue weighted by Gasteiger charge is -2.10. The van der Waals surface area contributed by atoms with Crippen LogP contribution in [0.2, 0.25) is 0 Å². The van der Waals surface area contributed by atoms with Crippen molar-refractivity contribution in [2.75, 3.05) is 0 Å². The van der Waals surface area contributed by atoms with Gasteiger partial charge in [0.25, 0.3) is 11.6 Å². The summed E-state index contributed by atoms with van der Waals surface area (Å²) >= 11 is 0. The minimum Gasteiger partial charge on any atom is -0.461 e. The van der Waals surface area contributed by atoms with Crippen molar-refractivity contribution >= 4 is 11.7 Å². The topological polar surface area (TPSA) is 69.4 Å². The molecule has 0 N–H and O–H groups in total. The van der Waals surface area contributed by atoms with Gasteiger partial charge < -0.3 is 4.74 Å². The van der Waals surface area contributed by atoms with E-state index < -0.39 is 18.0 Å². The van der Waals surface area contributed by atoms with Gasteiger partial charge in [0.1, 0.15) is 6.61 Å². The number of aromatic nitrogens is 4. The number of alkyl halides is 3. The Balaban J connectivity index is 1.70. The number of ether oxygens (including phenoxy) is 1. The van der Waals surface area contributed by atoms with E-state index in [0.29, 0.717) is 17.0 Å². The third-order valence-corrected chi connectivity index (χ3v) is 4.36. The maximum Gasteiger partial charge on any atom is 0.453 e. The lowest BCUT2D eigenvalue weighted by Crippen LogP contribution is -2.11. The Morgan fingerprint density at radius 1 is 1.18 bits per heavy atom. The van der Waals surface area contributed by atoms with E-state index in [9.17, 15) is 18.0 Å². The van der Waals surface area contributed by atoms with Crippen LogP contribution in [0.15, 0.2) is 24.3 Å². The monoisotopic (exact) mass is 392 g/mol. The quantitative estimate of drug-likeness (QED) is 0.619. The molecule has 0 saturated carbocycles. The highest BCUT2D eigenvalue weighted by Crippen LogP contribution is 2.27. The van der Waals surface area contributed by atoms with Crippen LogP contribution < -0.4 is 0 Å². The summed E-state index contributed by atoms with van der Waals surface area (Å²) in [5.41, 5.74) is 3.60. The second-order valence-corrected chi connectivity index (χ2v) is 6.56. The van der Waals surface area contributed by atoms with Gasteiger partial charge in [0, 0.05) is 17.8 Å². The number of carbonyl (C=O) groups excluding carboxylic acids is 1. The molecule has 1 aromatic carbocycles. The minimum absolute atomic E-state index is 0.0848. The SMILES string of the molecule is Cc1cccc(COC(=O)CCc2c(C)nc3nc(C(F)(F)F)nn3c2C)c1. The van der Waals surface area contributed by atoms with Crippen molar-refractivity contribution in [2.45, 2.75) is 46.4 Å². The van der Waals surface area contributed by atoms with Crippen LogP contribution in [0.4, 0.5) is 13.2 Å². The molecule has 28 heavy (non-hydrogen) atoms. The van der Waals surface area contributed by atoms with Gasteiger partial charge in [-0.2, -0.15) is 18.2 Å². The highest BCUT2D eigenvalue weighted by atomic mass is 19.4. The molecule has 0 bridgehead atoms. The first-order valence-electron chi connectivity index (χ1n) is 8.66. The molecular formula is C19H19F3N4O2. The molecule has 9 heteroatoms. The fourth-order valence-corrected chi connectivity index (χ4v) is 2.96. The number of aryl methyl sites for hydroxylation is 3. The molecule has 0 atom stereocenters. The molecule has 6 nitrogen and oxygen atoms in total. The van der Waals surface area contributed by atoms with Crippen molar-refractivity contribution in [2.24, 2.45) is 0 Å². The summed E-state index contributed by atoms with van der Waals surface area (Å²) in [6.45, 7) is 5.43. The zero-order valence-electron chi connectivity index (χ0n) is 15.7. The number of esters is 1. The van der Waals surface area contributed by atoms with E-state index in [0.717, 1.165) is 15.6 Å². The number of hydrogen-bond donors (Lipinski definition) is 0. The molecule has 0 fully saturated rings. The third kappa shape index (κ3) is 4.29. The van der Waals surface area contributed by atoms with Gasteiger partial charge in [0.05, 0.1) is 0 Å². The zero-order chi connectivity index (χ0) is 20.5. The van der Waals surface area contributed by atoms with Gasteiger partial charge >= 0.3 is 12.1 Å². The van der Waals surface area contributed by atoms with Crippen LogP contribution in [0.25, 0.3) is 5.78 Å². The Morgan fingerprint density at radius 2 is 1.93 bits per heavy atom. The van der Waals surface area contributed by atoms with Crippen molar-refractivity contribution in [3.8, 4) is 0 Å². The standard InChI is InChI=1S/C19H19F3N4O2/c1-11-5-4-6-14(9-11)10-28-16(27)8-7-15-12(2)23-18-24-17(19(20,21)22)25-26(18)13(15)3/h4-6,9H,7-8,10H2,1-3H3. The van der Waals surface area contributed by atoms with Crippen molar-refractivity contribution in [1.29, 1.82) is 0 Å². The second kappa shape index (κ2) is 7.57. The Hall–Kier alpha value is -2.97. The van der Waals surface area contributed by atoms with Gasteiger partial charge in [-0.3, -0.25) is 4.79 Å². The van der Waals surface area contributed by atoms with E-state index in [1.807, 2.05) is 31.2 Å². The molecule has 3 rings (SSSR count). The molecule has 3 aromatic rings. The van der Waals surface area contributed by atoms with Gasteiger partial charge in [0.2, 0.25) is 0 Å². The number of fused-ring (bicyclic) bond motifs is 1. The van der Waals surface area contributed by atoms with Crippen molar-refractivity contribution in [1.82, 2.24) is 19.6 Å². The number of hydrogen-bond acceptors (Lipinski definition) is 5. The van der Waals surface area contributed by atoms with Crippen molar-refractivity contribution < 1.29 is 22.7 Å². The lowest BCUT2D eigenvalue weighted by molar-refractivity contribution is -0.145. The normalized spacial score (nSPS) is 11.8. The molecule has 0 saturated heterocycles. The summed E-state index contributed by atoms with van der Waals surface area (Å²) < 4.78 is 44.8. The van der Waals surface area contributed by atoms with Crippen LogP contribution in [0.1, 0.15) is 40.3 Å². The third-order valence-electron chi connectivity index (χ3n) is 4.36. The van der Waals surface area contributed by atoms with E-state index in [2.05, 4.69) is 15.1 Å². The number of benzene rings is 1. The van der Waals surface area contributed by atoms with Crippen LogP contribution in [0, 0.1) is 20.8 Å². The maximum absolute atomic E-state index is 12.8. The van der Waals surface area contributed by atoms with E-state index >= 15 is 0 Å². The Kier molecular flexibility index (Phi) is 5.35. The van der Waals surface area contributed by atoms with Crippen LogP contribution in [0.3, 0.4) is 0 Å². The van der Waals surface area contributed by atoms with E-state index in [4.69, 9.17) is 4.74 Å². The van der Waals surface area contributed by atoms with Crippen molar-refractivity contribution in [3.05, 3.63) is 58.2 Å². The summed E-state index contributed by atoms with van der Waals surface area (Å²) in [4.78, 5) is 19.6. The Bertz CT molecular complexity index is 1030. The highest BCUT2D eigenvalue weighted by Gasteiger charge is 2.36. The largest absolute Gasteiger partial charge is 0.461 e. The highest BCUT2D eigenvalue weighted by molar-refractivity contribution is 5.69. The average molecular weight is 392 g/mol. The number of carbonyl (C=O) groups is 1. The first-order chi connectivity index (χ1) is 13.1. The fraction of sp³-hybridized carbons (Fsp3) is 0.368. The molecule has 2 heterocycles. The summed E-state index contributed by atoms with van der Waals surface area (Å²) in [5, 5.41) is 3.50. The molecule has 0 spiro atoms. The number of nitrogens with zero attached hydrogens (tertiary/aromatic N) is 4. The van der Waals surface area contributed by atoms with Crippen molar-refractivity contribution in [3.63, 3.8) is 0 Å². The Morgan fingerprint density at radius 3 is 2.61 bits per heavy atom. The second-order valence-electron chi connectivity index (χ2n) is 6.56. The fourth-order valence-electron chi connectivity index (χ4n) is 2.96. The van der Waals surface area contributed by atoms with Crippen LogP contribution >= 0.6 is 0 Å². The smallest absolute Gasteiger partial charge is 0.453 e. The lowest BCUT2D eigenvalue weighted by atomic mass is 10.1. The molecule has 0 aliphatic rings. The first-order valence-corrected chi connectivity index (χ1v) is 8.66. The minimum atomic E-state index is -4.65. The van der Waals surface area contributed by atoms with E-state index in [1.165, 1.54) is 0 Å². The molecule has 2 aromatic heterocycles. The van der Waals surface area contributed by atoms with Gasteiger partial charge in [-0.15, -0.1) is 5.10 Å². The predicted octanol–water partition coefficient (Wildman–Crippen LogP) is 3.74. The van der Waals surface area contributed by atoms with E-state index in [-0.39, 0.29) is 25.2 Å². The van der Waals surface area contributed by atoms with Crippen LogP contribution in [-0.4, -0.2) is 25.6 Å². The number of rotatable bonds is 5. The van der Waals surface area contributed by atoms with Gasteiger partial charge in [-0.05, 0) is 38.3 Å². The zero-order valence-corrected chi connectivity index (χ0v) is 15.7. The summed E-state index contributed by atoms with van der Waals surface area (Å²) in [6, 6.07) is 7.64. The average Bonchev–Trinajstić information content (AvgIpc) is 3.04. The van der Waals surface area contributed by atoms with Crippen LogP contribution in [0.5, 0.6) is 0 Å². The van der Waals surface area contributed by atoms with Gasteiger partial charge in [-0.25, -0.2) is 9.50 Å². The summed E-state index contributed by atoms with van der Waals surface area (Å²) in [6.07, 6.45) is -4.27. The molecule has 148 valence electrons. The van der Waals surface area contributed by atoms with Gasteiger partial charge in [-0.1, -0.05) is 29.8 Å². The maximum atomic E-state index is 12.8. The van der Waals surface area contributed by atoms with Gasteiger partial charge in [0.15, 0.2) is 0 Å². The number of halogens is 3. The molecule has 0 amide bonds. The molecular weight excluding hydrogens is 373 g/mol. The Labute approximate surface area is 159 Å². The van der Waals surface area contributed by atoms with E-state index in [1.54, 1.807) is 13.8 Å². The predicted molar refractivity (Wildman–Crippen MR) is 94.6 cm³/mol. The first kappa shape index (κ1) is 19.8.